The fraction of sp³-hybridized carbons (Fsp3) is 0.588. The van der Waals surface area contributed by atoms with E-state index in [0.717, 1.165) is 18.4 Å². The number of aryl methyl sites for hydroxylation is 1. The highest BCUT2D eigenvalue weighted by atomic mass is 32.2. The van der Waals surface area contributed by atoms with Crippen LogP contribution in [0.1, 0.15) is 32.3 Å². The lowest BCUT2D eigenvalue weighted by Gasteiger charge is -2.17. The summed E-state index contributed by atoms with van der Waals surface area (Å²) in [6.07, 6.45) is 1.91. The molecule has 8 heteroatoms. The largest absolute Gasteiger partial charge is 0.494 e. The van der Waals surface area contributed by atoms with Gasteiger partial charge in [0.2, 0.25) is 15.9 Å². The molecule has 1 saturated heterocycles. The van der Waals surface area contributed by atoms with Crippen LogP contribution in [0.2, 0.25) is 0 Å². The van der Waals surface area contributed by atoms with Crippen LogP contribution in [-0.2, 0) is 19.6 Å². The zero-order valence-corrected chi connectivity index (χ0v) is 15.7. The maximum Gasteiger partial charge on any atom is 0.241 e. The third-order valence-corrected chi connectivity index (χ3v) is 5.55. The van der Waals surface area contributed by atoms with Gasteiger partial charge >= 0.3 is 0 Å². The SMILES string of the molecule is CCOc1ccc(S(=O)(=O)N[C@@H](C)C(=O)NC[C@H]2CCCO2)cc1C. The Morgan fingerprint density at radius 1 is 1.44 bits per heavy atom. The molecule has 2 rings (SSSR count). The molecule has 1 aliphatic rings. The predicted octanol–water partition coefficient (Wildman–Crippen LogP) is 1.36. The number of amides is 1. The van der Waals surface area contributed by atoms with Crippen LogP contribution in [0.3, 0.4) is 0 Å². The molecule has 0 bridgehead atoms. The molecule has 1 amide bonds. The van der Waals surface area contributed by atoms with Crippen molar-refractivity contribution < 1.29 is 22.7 Å². The highest BCUT2D eigenvalue weighted by Crippen LogP contribution is 2.22. The maximum absolute atomic E-state index is 12.5. The van der Waals surface area contributed by atoms with Crippen molar-refractivity contribution in [3.8, 4) is 5.75 Å². The predicted molar refractivity (Wildman–Crippen MR) is 94.1 cm³/mol. The van der Waals surface area contributed by atoms with E-state index in [1.165, 1.54) is 19.1 Å². The molecule has 1 aromatic rings. The molecule has 2 N–H and O–H groups in total. The van der Waals surface area contributed by atoms with E-state index in [2.05, 4.69) is 10.0 Å². The molecule has 0 unspecified atom stereocenters. The Balaban J connectivity index is 1.96. The molecule has 1 aromatic carbocycles. The van der Waals surface area contributed by atoms with Gasteiger partial charge in [-0.1, -0.05) is 0 Å². The van der Waals surface area contributed by atoms with Gasteiger partial charge in [0.15, 0.2) is 0 Å². The van der Waals surface area contributed by atoms with E-state index < -0.39 is 16.1 Å². The summed E-state index contributed by atoms with van der Waals surface area (Å²) in [6, 6.07) is 3.75. The van der Waals surface area contributed by atoms with Crippen molar-refractivity contribution in [1.82, 2.24) is 10.0 Å². The first kappa shape index (κ1) is 19.7. The zero-order valence-electron chi connectivity index (χ0n) is 14.9. The first-order valence-corrected chi connectivity index (χ1v) is 9.97. The highest BCUT2D eigenvalue weighted by molar-refractivity contribution is 7.89. The molecule has 7 nitrogen and oxygen atoms in total. The highest BCUT2D eigenvalue weighted by Gasteiger charge is 2.24. The molecule has 0 radical (unpaired) electrons. The number of benzene rings is 1. The van der Waals surface area contributed by atoms with Crippen molar-refractivity contribution >= 4 is 15.9 Å². The van der Waals surface area contributed by atoms with Crippen molar-refractivity contribution in [3.05, 3.63) is 23.8 Å². The summed E-state index contributed by atoms with van der Waals surface area (Å²) < 4.78 is 38.2. The molecule has 0 spiro atoms. The third-order valence-electron chi connectivity index (χ3n) is 4.01. The van der Waals surface area contributed by atoms with Gasteiger partial charge in [0.25, 0.3) is 0 Å². The van der Waals surface area contributed by atoms with Crippen molar-refractivity contribution in [2.24, 2.45) is 0 Å². The Labute approximate surface area is 149 Å². The Morgan fingerprint density at radius 2 is 2.20 bits per heavy atom. The lowest BCUT2D eigenvalue weighted by Crippen LogP contribution is -2.46. The van der Waals surface area contributed by atoms with Gasteiger partial charge in [0, 0.05) is 13.2 Å². The number of carbonyl (C=O) groups is 1. The van der Waals surface area contributed by atoms with Gasteiger partial charge < -0.3 is 14.8 Å². The molecular weight excluding hydrogens is 344 g/mol. The van der Waals surface area contributed by atoms with Gasteiger partial charge in [-0.15, -0.1) is 0 Å². The molecular formula is C17H26N2O5S. The second kappa shape index (κ2) is 8.64. The molecule has 0 saturated carbocycles. The lowest BCUT2D eigenvalue weighted by atomic mass is 10.2. The number of nitrogens with one attached hydrogen (secondary N) is 2. The summed E-state index contributed by atoms with van der Waals surface area (Å²) in [5.41, 5.74) is 0.722. The normalized spacial score (nSPS) is 18.8. The molecule has 2 atom stereocenters. The maximum atomic E-state index is 12.5. The second-order valence-corrected chi connectivity index (χ2v) is 7.80. The fourth-order valence-corrected chi connectivity index (χ4v) is 3.92. The van der Waals surface area contributed by atoms with Crippen LogP contribution in [0.4, 0.5) is 0 Å². The van der Waals surface area contributed by atoms with Crippen LogP contribution >= 0.6 is 0 Å². The smallest absolute Gasteiger partial charge is 0.241 e. The molecule has 25 heavy (non-hydrogen) atoms. The fourth-order valence-electron chi connectivity index (χ4n) is 2.63. The molecule has 0 aliphatic carbocycles. The summed E-state index contributed by atoms with van der Waals surface area (Å²) in [4.78, 5) is 12.2. The van der Waals surface area contributed by atoms with E-state index in [9.17, 15) is 13.2 Å². The van der Waals surface area contributed by atoms with Crippen LogP contribution in [0.5, 0.6) is 5.75 Å². The van der Waals surface area contributed by atoms with E-state index >= 15 is 0 Å². The molecule has 1 aliphatic heterocycles. The Morgan fingerprint density at radius 3 is 2.80 bits per heavy atom. The topological polar surface area (TPSA) is 93.7 Å². The minimum atomic E-state index is -3.79. The Kier molecular flexibility index (Phi) is 6.80. The van der Waals surface area contributed by atoms with Crippen molar-refractivity contribution in [3.63, 3.8) is 0 Å². The first-order valence-electron chi connectivity index (χ1n) is 8.48. The zero-order chi connectivity index (χ0) is 18.4. The number of ether oxygens (including phenoxy) is 2. The molecule has 1 heterocycles. The first-order chi connectivity index (χ1) is 11.8. The van der Waals surface area contributed by atoms with E-state index in [1.54, 1.807) is 13.0 Å². The molecule has 0 aromatic heterocycles. The van der Waals surface area contributed by atoms with Crippen molar-refractivity contribution in [2.45, 2.75) is 50.7 Å². The lowest BCUT2D eigenvalue weighted by molar-refractivity contribution is -0.122. The minimum absolute atomic E-state index is 0.0153. The summed E-state index contributed by atoms with van der Waals surface area (Å²) in [7, 11) is -3.79. The van der Waals surface area contributed by atoms with Gasteiger partial charge in [-0.2, -0.15) is 4.72 Å². The monoisotopic (exact) mass is 370 g/mol. The van der Waals surface area contributed by atoms with E-state index in [0.29, 0.717) is 25.5 Å². The second-order valence-electron chi connectivity index (χ2n) is 6.08. The Bertz CT molecular complexity index is 699. The van der Waals surface area contributed by atoms with Crippen molar-refractivity contribution in [2.75, 3.05) is 19.8 Å². The van der Waals surface area contributed by atoms with Gasteiger partial charge in [-0.3, -0.25) is 4.79 Å². The number of sulfonamides is 1. The summed E-state index contributed by atoms with van der Waals surface area (Å²) in [5, 5.41) is 2.72. The quantitative estimate of drug-likeness (QED) is 0.721. The van der Waals surface area contributed by atoms with Crippen LogP contribution < -0.4 is 14.8 Å². The van der Waals surface area contributed by atoms with Crippen LogP contribution in [0.25, 0.3) is 0 Å². The summed E-state index contributed by atoms with van der Waals surface area (Å²) in [6.45, 7) is 6.77. The molecule has 140 valence electrons. The average molecular weight is 370 g/mol. The van der Waals surface area contributed by atoms with Crippen LogP contribution in [0.15, 0.2) is 23.1 Å². The summed E-state index contributed by atoms with van der Waals surface area (Å²) >= 11 is 0. The molecule has 1 fully saturated rings. The summed E-state index contributed by atoms with van der Waals surface area (Å²) in [5.74, 6) is 0.269. The Hall–Kier alpha value is -1.64. The van der Waals surface area contributed by atoms with E-state index in [4.69, 9.17) is 9.47 Å². The van der Waals surface area contributed by atoms with Crippen LogP contribution in [0, 0.1) is 6.92 Å². The van der Waals surface area contributed by atoms with Gasteiger partial charge in [-0.05, 0) is 57.4 Å². The average Bonchev–Trinajstić information content (AvgIpc) is 3.07. The number of rotatable bonds is 8. The van der Waals surface area contributed by atoms with Gasteiger partial charge in [-0.25, -0.2) is 8.42 Å². The minimum Gasteiger partial charge on any atom is -0.494 e. The van der Waals surface area contributed by atoms with Gasteiger partial charge in [0.05, 0.1) is 23.6 Å². The standard InChI is InChI=1S/C17H26N2O5S/c1-4-23-16-8-7-15(10-12(16)2)25(21,22)19-13(3)17(20)18-11-14-6-5-9-24-14/h7-8,10,13-14,19H,4-6,9,11H2,1-3H3,(H,18,20)/t13-,14+/m0/s1. The number of hydrogen-bond acceptors (Lipinski definition) is 5. The van der Waals surface area contributed by atoms with E-state index in [1.807, 2.05) is 6.92 Å². The van der Waals surface area contributed by atoms with Gasteiger partial charge in [0.1, 0.15) is 5.75 Å². The van der Waals surface area contributed by atoms with E-state index in [-0.39, 0.29) is 16.9 Å². The number of carbonyl (C=O) groups excluding carboxylic acids is 1. The third kappa shape index (κ3) is 5.42. The number of hydrogen-bond donors (Lipinski definition) is 2. The van der Waals surface area contributed by atoms with Crippen molar-refractivity contribution in [1.29, 1.82) is 0 Å². The van der Waals surface area contributed by atoms with Crippen LogP contribution in [-0.4, -0.2) is 46.2 Å².